The van der Waals surface area contributed by atoms with Crippen molar-refractivity contribution in [2.75, 3.05) is 12.4 Å². The van der Waals surface area contributed by atoms with E-state index in [-0.39, 0.29) is 5.56 Å². The third kappa shape index (κ3) is 1.97. The van der Waals surface area contributed by atoms with Gasteiger partial charge in [-0.3, -0.25) is 0 Å². The van der Waals surface area contributed by atoms with Crippen molar-refractivity contribution in [1.82, 2.24) is 10.2 Å². The van der Waals surface area contributed by atoms with Crippen LogP contribution < -0.4 is 5.32 Å². The number of halogens is 2. The van der Waals surface area contributed by atoms with Gasteiger partial charge in [-0.05, 0) is 12.1 Å². The van der Waals surface area contributed by atoms with Gasteiger partial charge in [0.05, 0.1) is 0 Å². The van der Waals surface area contributed by atoms with E-state index >= 15 is 0 Å². The summed E-state index contributed by atoms with van der Waals surface area (Å²) < 4.78 is 26.9. The predicted octanol–water partition coefficient (Wildman–Crippen LogP) is 3.62. The average Bonchev–Trinajstić information content (AvgIpc) is 2.47. The average molecular weight is 271 g/mol. The van der Waals surface area contributed by atoms with Crippen molar-refractivity contribution in [2.45, 2.75) is 0 Å². The summed E-state index contributed by atoms with van der Waals surface area (Å²) in [5.74, 6) is -0.649. The van der Waals surface area contributed by atoms with Gasteiger partial charge in [0.25, 0.3) is 0 Å². The molecule has 3 aromatic rings. The molecule has 1 heterocycles. The van der Waals surface area contributed by atoms with Crippen LogP contribution in [-0.2, 0) is 0 Å². The van der Waals surface area contributed by atoms with Crippen LogP contribution in [0.15, 0.2) is 42.5 Å². The fourth-order valence-corrected chi connectivity index (χ4v) is 2.17. The maximum absolute atomic E-state index is 13.9. The van der Waals surface area contributed by atoms with E-state index in [4.69, 9.17) is 0 Å². The normalized spacial score (nSPS) is 10.8. The van der Waals surface area contributed by atoms with E-state index in [1.807, 2.05) is 24.3 Å². The van der Waals surface area contributed by atoms with Crippen LogP contribution >= 0.6 is 0 Å². The van der Waals surface area contributed by atoms with Gasteiger partial charge in [-0.15, -0.1) is 10.2 Å². The van der Waals surface area contributed by atoms with Crippen LogP contribution in [0.1, 0.15) is 0 Å². The molecule has 5 heteroatoms. The van der Waals surface area contributed by atoms with Gasteiger partial charge in [-0.25, -0.2) is 8.78 Å². The molecule has 0 unspecified atom stereocenters. The quantitative estimate of drug-likeness (QED) is 0.773. The van der Waals surface area contributed by atoms with Gasteiger partial charge in [0.15, 0.2) is 5.82 Å². The van der Waals surface area contributed by atoms with E-state index in [9.17, 15) is 8.78 Å². The Morgan fingerprint density at radius 3 is 2.40 bits per heavy atom. The fourth-order valence-electron chi connectivity index (χ4n) is 2.17. The molecular formula is C15H11F2N3. The minimum Gasteiger partial charge on any atom is -0.371 e. The van der Waals surface area contributed by atoms with Crippen LogP contribution in [0.25, 0.3) is 22.0 Å². The molecule has 0 aliphatic carbocycles. The number of anilines is 1. The second-order valence-electron chi connectivity index (χ2n) is 4.32. The molecule has 20 heavy (non-hydrogen) atoms. The molecule has 100 valence electrons. The second kappa shape index (κ2) is 4.85. The van der Waals surface area contributed by atoms with E-state index < -0.39 is 11.6 Å². The molecule has 0 radical (unpaired) electrons. The molecule has 1 aromatic heterocycles. The van der Waals surface area contributed by atoms with E-state index in [1.54, 1.807) is 7.05 Å². The highest BCUT2D eigenvalue weighted by atomic mass is 19.1. The highest BCUT2D eigenvalue weighted by molar-refractivity contribution is 5.99. The number of nitrogens with zero attached hydrogens (tertiary/aromatic N) is 2. The molecule has 0 atom stereocenters. The van der Waals surface area contributed by atoms with Crippen LogP contribution in [0.2, 0.25) is 0 Å². The Labute approximate surface area is 114 Å². The Bertz CT molecular complexity index is 787. The first-order chi connectivity index (χ1) is 9.70. The van der Waals surface area contributed by atoms with E-state index in [0.29, 0.717) is 11.5 Å². The zero-order valence-corrected chi connectivity index (χ0v) is 10.7. The number of rotatable bonds is 2. The summed E-state index contributed by atoms with van der Waals surface area (Å²) in [6.07, 6.45) is 0. The molecular weight excluding hydrogens is 260 g/mol. The first-order valence-electron chi connectivity index (χ1n) is 6.09. The lowest BCUT2D eigenvalue weighted by Gasteiger charge is -2.09. The van der Waals surface area contributed by atoms with E-state index in [0.717, 1.165) is 16.8 Å². The molecule has 3 rings (SSSR count). The lowest BCUT2D eigenvalue weighted by Crippen LogP contribution is -1.99. The number of hydrogen-bond acceptors (Lipinski definition) is 3. The molecule has 0 amide bonds. The Morgan fingerprint density at radius 2 is 1.70 bits per heavy atom. The second-order valence-corrected chi connectivity index (χ2v) is 4.32. The van der Waals surface area contributed by atoms with Crippen molar-refractivity contribution in [3.05, 3.63) is 54.1 Å². The van der Waals surface area contributed by atoms with Crippen molar-refractivity contribution in [2.24, 2.45) is 0 Å². The molecule has 0 aliphatic heterocycles. The molecule has 3 nitrogen and oxygen atoms in total. The predicted molar refractivity (Wildman–Crippen MR) is 74.4 cm³/mol. The summed E-state index contributed by atoms with van der Waals surface area (Å²) >= 11 is 0. The van der Waals surface area contributed by atoms with Crippen molar-refractivity contribution < 1.29 is 8.78 Å². The van der Waals surface area contributed by atoms with Gasteiger partial charge in [-0.2, -0.15) is 0 Å². The van der Waals surface area contributed by atoms with Gasteiger partial charge < -0.3 is 5.32 Å². The highest BCUT2D eigenvalue weighted by Gasteiger charge is 2.13. The topological polar surface area (TPSA) is 37.8 Å². The van der Waals surface area contributed by atoms with Crippen molar-refractivity contribution in [3.8, 4) is 11.3 Å². The summed E-state index contributed by atoms with van der Waals surface area (Å²) in [7, 11) is 1.74. The zero-order chi connectivity index (χ0) is 14.1. The summed E-state index contributed by atoms with van der Waals surface area (Å²) in [5.41, 5.74) is 0.634. The van der Waals surface area contributed by atoms with E-state index in [2.05, 4.69) is 15.5 Å². The standard InChI is InChI=1S/C15H11F2N3/c1-18-15-11-5-3-2-4-10(11)14(19-20-15)12-7-6-9(16)8-13(12)17/h2-8H,1H3,(H,18,20). The Balaban J connectivity index is 2.32. The first-order valence-corrected chi connectivity index (χ1v) is 6.09. The van der Waals surface area contributed by atoms with Crippen LogP contribution in [0.5, 0.6) is 0 Å². The van der Waals surface area contributed by atoms with Crippen LogP contribution in [0.4, 0.5) is 14.6 Å². The minimum absolute atomic E-state index is 0.234. The van der Waals surface area contributed by atoms with Crippen LogP contribution in [-0.4, -0.2) is 17.2 Å². The Hall–Kier alpha value is -2.56. The molecule has 0 fully saturated rings. The smallest absolute Gasteiger partial charge is 0.156 e. The van der Waals surface area contributed by atoms with Gasteiger partial charge in [-0.1, -0.05) is 24.3 Å². The number of aromatic nitrogens is 2. The zero-order valence-electron chi connectivity index (χ0n) is 10.7. The summed E-state index contributed by atoms with van der Waals surface area (Å²) in [6.45, 7) is 0. The summed E-state index contributed by atoms with van der Waals surface area (Å²) in [5, 5.41) is 12.7. The third-order valence-electron chi connectivity index (χ3n) is 3.11. The minimum atomic E-state index is -0.651. The molecule has 0 aliphatic rings. The van der Waals surface area contributed by atoms with Crippen molar-refractivity contribution in [3.63, 3.8) is 0 Å². The molecule has 0 bridgehead atoms. The lowest BCUT2D eigenvalue weighted by atomic mass is 10.0. The molecule has 1 N–H and O–H groups in total. The first kappa shape index (κ1) is 12.5. The Kier molecular flexibility index (Phi) is 3.02. The highest BCUT2D eigenvalue weighted by Crippen LogP contribution is 2.30. The molecule has 0 saturated heterocycles. The third-order valence-corrected chi connectivity index (χ3v) is 3.11. The van der Waals surface area contributed by atoms with Gasteiger partial charge in [0.1, 0.15) is 17.3 Å². The van der Waals surface area contributed by atoms with Gasteiger partial charge in [0, 0.05) is 29.4 Å². The lowest BCUT2D eigenvalue weighted by molar-refractivity contribution is 0.585. The maximum atomic E-state index is 13.9. The van der Waals surface area contributed by atoms with Gasteiger partial charge >= 0.3 is 0 Å². The fraction of sp³-hybridized carbons (Fsp3) is 0.0667. The van der Waals surface area contributed by atoms with Gasteiger partial charge in [0.2, 0.25) is 0 Å². The van der Waals surface area contributed by atoms with Crippen molar-refractivity contribution >= 4 is 16.6 Å². The maximum Gasteiger partial charge on any atom is 0.156 e. The van der Waals surface area contributed by atoms with Crippen LogP contribution in [0.3, 0.4) is 0 Å². The van der Waals surface area contributed by atoms with Crippen molar-refractivity contribution in [1.29, 1.82) is 0 Å². The molecule has 0 spiro atoms. The number of hydrogen-bond donors (Lipinski definition) is 1. The number of nitrogens with one attached hydrogen (secondary N) is 1. The van der Waals surface area contributed by atoms with Crippen LogP contribution in [0, 0.1) is 11.6 Å². The number of fused-ring (bicyclic) bond motifs is 1. The summed E-state index contributed by atoms with van der Waals surface area (Å²) in [4.78, 5) is 0. The largest absolute Gasteiger partial charge is 0.371 e. The monoisotopic (exact) mass is 271 g/mol. The Morgan fingerprint density at radius 1 is 0.950 bits per heavy atom. The summed E-state index contributed by atoms with van der Waals surface area (Å²) in [6, 6.07) is 10.9. The molecule has 2 aromatic carbocycles. The molecule has 0 saturated carbocycles. The SMILES string of the molecule is CNc1nnc(-c2ccc(F)cc2F)c2ccccc12. The van der Waals surface area contributed by atoms with E-state index in [1.165, 1.54) is 12.1 Å². The number of benzene rings is 2.